The van der Waals surface area contributed by atoms with Crippen LogP contribution in [0, 0.1) is 0 Å². The molecule has 2 heterocycles. The summed E-state index contributed by atoms with van der Waals surface area (Å²) in [6.07, 6.45) is -5.34. The zero-order chi connectivity index (χ0) is 43.4. The number of carbonyl (C=O) groups excluding carboxylic acids is 2. The van der Waals surface area contributed by atoms with Crippen molar-refractivity contribution in [3.63, 3.8) is 0 Å². The number of carbonyl (C=O) groups is 2. The lowest BCUT2D eigenvalue weighted by molar-refractivity contribution is -0.160. The minimum absolute atomic E-state index is 0.0210. The number of hydrogen-bond donors (Lipinski definition) is 3. The van der Waals surface area contributed by atoms with Gasteiger partial charge in [0.25, 0.3) is 5.56 Å². The lowest BCUT2D eigenvalue weighted by atomic mass is 9.80. The first-order valence-electron chi connectivity index (χ1n) is 20.1. The first-order valence-corrected chi connectivity index (χ1v) is 20.1. The van der Waals surface area contributed by atoms with Crippen molar-refractivity contribution in [1.29, 1.82) is 0 Å². The number of alkyl carbamates (subject to hydrolysis) is 1. The highest BCUT2D eigenvalue weighted by Crippen LogP contribution is 2.45. The van der Waals surface area contributed by atoms with E-state index in [9.17, 15) is 24.3 Å². The maximum absolute atomic E-state index is 13.7. The molecule has 14 nitrogen and oxygen atoms in total. The van der Waals surface area contributed by atoms with Gasteiger partial charge in [0, 0.05) is 18.2 Å². The van der Waals surface area contributed by atoms with Crippen molar-refractivity contribution in [3.05, 3.63) is 188 Å². The van der Waals surface area contributed by atoms with Crippen molar-refractivity contribution in [1.82, 2.24) is 14.9 Å². The van der Waals surface area contributed by atoms with Gasteiger partial charge in [0.2, 0.25) is 0 Å². The zero-order valence-electron chi connectivity index (χ0n) is 34.1. The van der Waals surface area contributed by atoms with E-state index in [1.54, 1.807) is 14.2 Å². The molecule has 3 N–H and O–H groups in total. The third-order valence-electron chi connectivity index (χ3n) is 11.4. The van der Waals surface area contributed by atoms with Crippen molar-refractivity contribution < 1.29 is 43.1 Å². The van der Waals surface area contributed by atoms with Gasteiger partial charge in [-0.1, -0.05) is 103 Å². The van der Waals surface area contributed by atoms with E-state index in [0.29, 0.717) is 22.6 Å². The Balaban J connectivity index is 1.03. The van der Waals surface area contributed by atoms with Gasteiger partial charge in [-0.25, -0.2) is 14.4 Å². The number of aromatic nitrogens is 2. The molecule has 0 bridgehead atoms. The highest BCUT2D eigenvalue weighted by atomic mass is 16.6. The topological polar surface area (TPSA) is 177 Å². The monoisotopic (exact) mass is 839 g/mol. The molecule has 1 amide bonds. The second-order valence-corrected chi connectivity index (χ2v) is 15.0. The van der Waals surface area contributed by atoms with Crippen molar-refractivity contribution in [3.8, 4) is 22.6 Å². The Hall–Kier alpha value is -7.00. The van der Waals surface area contributed by atoms with Crippen LogP contribution in [0.4, 0.5) is 4.79 Å². The van der Waals surface area contributed by atoms with E-state index < -0.39 is 59.5 Å². The number of amides is 1. The molecule has 318 valence electrons. The van der Waals surface area contributed by atoms with Crippen LogP contribution in [-0.4, -0.2) is 78.5 Å². The Bertz CT molecular complexity index is 2550. The summed E-state index contributed by atoms with van der Waals surface area (Å²) >= 11 is 0. The van der Waals surface area contributed by atoms with Crippen LogP contribution in [-0.2, 0) is 29.3 Å². The highest BCUT2D eigenvalue weighted by molar-refractivity contribution is 5.82. The number of ether oxygens (including phenoxy) is 6. The lowest BCUT2D eigenvalue weighted by Gasteiger charge is -2.37. The molecule has 8 rings (SSSR count). The summed E-state index contributed by atoms with van der Waals surface area (Å²) in [5, 5.41) is 14.5. The standard InChI is InChI=1S/C48H45N3O11/c1-29(49-47(56)59-27-39-37-15-9-7-13-35(37)36-14-8-10-16-38(36)39)45(54)62-43-42(53)40(61-44(43)51-26-25-41(52)50-46(51)55)28-60-48(30-11-5-4-6-12-30,31-17-21-33(57-2)22-18-31)32-19-23-34(58-3)24-20-32/h4-26,29,39-40,42-44,53H,27-28H2,1-3H3,(H,49,56)(H,50,52,55)/t29-,40+,42+,43+,44+/m0/s1. The number of aliphatic hydroxyl groups is 1. The van der Waals surface area contributed by atoms with Gasteiger partial charge in [0.15, 0.2) is 12.3 Å². The average molecular weight is 840 g/mol. The molecule has 1 saturated heterocycles. The summed E-state index contributed by atoms with van der Waals surface area (Å²) in [7, 11) is 3.15. The van der Waals surface area contributed by atoms with Crippen LogP contribution in [0.3, 0.4) is 0 Å². The average Bonchev–Trinajstić information content (AvgIpc) is 3.79. The fourth-order valence-electron chi connectivity index (χ4n) is 8.23. The largest absolute Gasteiger partial charge is 0.497 e. The van der Waals surface area contributed by atoms with E-state index >= 15 is 0 Å². The second kappa shape index (κ2) is 17.9. The molecular weight excluding hydrogens is 795 g/mol. The Morgan fingerprint density at radius 1 is 0.758 bits per heavy atom. The SMILES string of the molecule is COc1ccc(C(OC[C@H]2O[C@@H](n3ccc(=O)[nH]c3=O)[C@H](OC(=O)[C@H](C)NC(=O)OCC3c4ccccc4-c4ccccc43)[C@@H]2O)(c2ccccc2)c2ccc(OC)cc2)cc1. The van der Waals surface area contributed by atoms with Gasteiger partial charge in [-0.15, -0.1) is 0 Å². The molecule has 62 heavy (non-hydrogen) atoms. The number of esters is 1. The van der Waals surface area contributed by atoms with E-state index in [1.807, 2.05) is 127 Å². The molecule has 6 aromatic rings. The predicted octanol–water partition coefficient (Wildman–Crippen LogP) is 5.66. The quantitative estimate of drug-likeness (QED) is 0.0912. The van der Waals surface area contributed by atoms with Crippen LogP contribution in [0.2, 0.25) is 0 Å². The summed E-state index contributed by atoms with van der Waals surface area (Å²) in [5.74, 6) is 0.111. The number of nitrogens with zero attached hydrogens (tertiary/aromatic N) is 1. The number of rotatable bonds is 14. The maximum Gasteiger partial charge on any atom is 0.407 e. The zero-order valence-corrected chi connectivity index (χ0v) is 34.1. The van der Waals surface area contributed by atoms with Gasteiger partial charge in [0.05, 0.1) is 20.8 Å². The summed E-state index contributed by atoms with van der Waals surface area (Å²) < 4.78 is 36.7. The van der Waals surface area contributed by atoms with Crippen LogP contribution < -0.4 is 26.0 Å². The maximum atomic E-state index is 13.7. The number of H-pyrrole nitrogens is 1. The summed E-state index contributed by atoms with van der Waals surface area (Å²) in [5.41, 5.74) is 3.54. The van der Waals surface area contributed by atoms with E-state index in [-0.39, 0.29) is 19.1 Å². The first kappa shape index (κ1) is 41.7. The van der Waals surface area contributed by atoms with Crippen molar-refractivity contribution >= 4 is 12.1 Å². The Kier molecular flexibility index (Phi) is 12.1. The molecule has 5 aromatic carbocycles. The van der Waals surface area contributed by atoms with Gasteiger partial charge in [-0.3, -0.25) is 14.3 Å². The smallest absolute Gasteiger partial charge is 0.407 e. The number of aromatic amines is 1. The van der Waals surface area contributed by atoms with Crippen molar-refractivity contribution in [2.45, 2.75) is 49.0 Å². The summed E-state index contributed by atoms with van der Waals surface area (Å²) in [6, 6.07) is 39.9. The number of aliphatic hydroxyl groups excluding tert-OH is 1. The van der Waals surface area contributed by atoms with Crippen LogP contribution in [0.15, 0.2) is 149 Å². The van der Waals surface area contributed by atoms with Crippen LogP contribution >= 0.6 is 0 Å². The molecule has 0 unspecified atom stereocenters. The Morgan fingerprint density at radius 3 is 1.87 bits per heavy atom. The van der Waals surface area contributed by atoms with Crippen LogP contribution in [0.1, 0.15) is 46.9 Å². The van der Waals surface area contributed by atoms with Crippen LogP contribution in [0.25, 0.3) is 11.1 Å². The minimum atomic E-state index is -1.57. The fourth-order valence-corrected chi connectivity index (χ4v) is 8.23. The molecule has 0 spiro atoms. The molecule has 1 aliphatic carbocycles. The van der Waals surface area contributed by atoms with Gasteiger partial charge < -0.3 is 38.8 Å². The van der Waals surface area contributed by atoms with E-state index in [4.69, 9.17) is 28.4 Å². The molecule has 5 atom stereocenters. The third-order valence-corrected chi connectivity index (χ3v) is 11.4. The summed E-state index contributed by atoms with van der Waals surface area (Å²) in [6.45, 7) is 1.14. The van der Waals surface area contributed by atoms with Crippen molar-refractivity contribution in [2.75, 3.05) is 27.4 Å². The Labute approximate surface area is 356 Å². The number of hydrogen-bond acceptors (Lipinski definition) is 11. The molecule has 0 radical (unpaired) electrons. The first-order chi connectivity index (χ1) is 30.1. The molecule has 1 fully saturated rings. The molecule has 14 heteroatoms. The van der Waals surface area contributed by atoms with E-state index in [0.717, 1.165) is 38.5 Å². The number of fused-ring (bicyclic) bond motifs is 3. The Morgan fingerprint density at radius 2 is 1.31 bits per heavy atom. The number of nitrogens with one attached hydrogen (secondary N) is 2. The lowest BCUT2D eigenvalue weighted by Crippen LogP contribution is -2.46. The molecule has 0 saturated carbocycles. The summed E-state index contributed by atoms with van der Waals surface area (Å²) in [4.78, 5) is 54.2. The molecule has 2 aliphatic rings. The van der Waals surface area contributed by atoms with Gasteiger partial charge >= 0.3 is 17.8 Å². The molecular formula is C48H45N3O11. The van der Waals surface area contributed by atoms with Gasteiger partial charge in [0.1, 0.15) is 42.0 Å². The third kappa shape index (κ3) is 8.10. The molecule has 1 aromatic heterocycles. The second-order valence-electron chi connectivity index (χ2n) is 15.0. The fraction of sp³-hybridized carbons (Fsp3) is 0.250. The van der Waals surface area contributed by atoms with Crippen molar-refractivity contribution in [2.24, 2.45) is 0 Å². The van der Waals surface area contributed by atoms with E-state index in [1.165, 1.54) is 13.1 Å². The van der Waals surface area contributed by atoms with Crippen LogP contribution in [0.5, 0.6) is 11.5 Å². The van der Waals surface area contributed by atoms with E-state index in [2.05, 4.69) is 10.3 Å². The van der Waals surface area contributed by atoms with Gasteiger partial charge in [-0.05, 0) is 70.1 Å². The highest BCUT2D eigenvalue weighted by Gasteiger charge is 2.50. The van der Waals surface area contributed by atoms with Gasteiger partial charge in [-0.2, -0.15) is 0 Å². The normalized spacial score (nSPS) is 18.6. The number of benzene rings is 5. The predicted molar refractivity (Wildman–Crippen MR) is 227 cm³/mol. The molecule has 1 aliphatic heterocycles. The minimum Gasteiger partial charge on any atom is -0.497 e. The number of methoxy groups -OCH3 is 2.